The molecule has 1 aromatic heterocycles. The van der Waals surface area contributed by atoms with Crippen molar-refractivity contribution in [1.29, 1.82) is 0 Å². The Hall–Kier alpha value is -4.56. The van der Waals surface area contributed by atoms with Crippen LogP contribution in [-0.4, -0.2) is 44.9 Å². The molecule has 0 bridgehead atoms. The van der Waals surface area contributed by atoms with Gasteiger partial charge in [-0.3, -0.25) is 4.79 Å². The summed E-state index contributed by atoms with van der Waals surface area (Å²) in [7, 11) is 1.78. The highest BCUT2D eigenvalue weighted by molar-refractivity contribution is 7.11. The van der Waals surface area contributed by atoms with E-state index in [2.05, 4.69) is 9.98 Å². The summed E-state index contributed by atoms with van der Waals surface area (Å²) in [5.41, 5.74) is 2.22. The molecule has 37 heavy (non-hydrogen) atoms. The summed E-state index contributed by atoms with van der Waals surface area (Å²) in [5, 5.41) is 12.4. The van der Waals surface area contributed by atoms with Crippen LogP contribution in [0, 0.1) is 0 Å². The van der Waals surface area contributed by atoms with Crippen LogP contribution in [-0.2, 0) is 12.0 Å². The normalized spacial score (nSPS) is 19.5. The summed E-state index contributed by atoms with van der Waals surface area (Å²) in [6.07, 6.45) is 2.60. The first-order valence-corrected chi connectivity index (χ1v) is 12.5. The smallest absolute Gasteiger partial charge is 0.418 e. The third-order valence-electron chi connectivity index (χ3n) is 6.40. The number of guanidine groups is 1. The zero-order valence-electron chi connectivity index (χ0n) is 20.1. The van der Waals surface area contributed by atoms with E-state index in [0.717, 1.165) is 32.9 Å². The van der Waals surface area contributed by atoms with Gasteiger partial charge in [0.25, 0.3) is 0 Å². The molecule has 1 saturated heterocycles. The molecule has 3 aromatic carbocycles. The maximum atomic E-state index is 13.0. The minimum Gasteiger partial charge on any atom is -0.464 e. The minimum absolute atomic E-state index is 0.0228. The van der Waals surface area contributed by atoms with Crippen molar-refractivity contribution in [3.8, 4) is 0 Å². The third kappa shape index (κ3) is 4.54. The molecule has 8 heteroatoms. The Labute approximate surface area is 218 Å². The Morgan fingerprint density at radius 2 is 1.59 bits per heavy atom. The quantitative estimate of drug-likeness (QED) is 0.371. The summed E-state index contributed by atoms with van der Waals surface area (Å²) in [4.78, 5) is 37.2. The van der Waals surface area contributed by atoms with Crippen LogP contribution in [0.5, 0.6) is 0 Å². The van der Waals surface area contributed by atoms with E-state index in [9.17, 15) is 14.7 Å². The van der Waals surface area contributed by atoms with Crippen LogP contribution in [0.15, 0.2) is 113 Å². The number of carbonyl (C=O) groups is 2. The molecule has 0 aliphatic carbocycles. The van der Waals surface area contributed by atoms with E-state index in [4.69, 9.17) is 0 Å². The number of hydrogen-bond donors (Lipinski definition) is 1. The topological polar surface area (TPSA) is 86.1 Å². The van der Waals surface area contributed by atoms with Crippen LogP contribution >= 0.6 is 11.3 Å². The minimum atomic E-state index is -1.23. The number of aliphatic imine (C=N–C) groups is 1. The van der Waals surface area contributed by atoms with Gasteiger partial charge in [-0.15, -0.1) is 11.3 Å². The van der Waals surface area contributed by atoms with Crippen molar-refractivity contribution in [3.63, 3.8) is 0 Å². The molecule has 5 rings (SSSR count). The van der Waals surface area contributed by atoms with Crippen LogP contribution in [0.4, 0.5) is 4.79 Å². The van der Waals surface area contributed by atoms with Gasteiger partial charge in [0.15, 0.2) is 5.01 Å². The second-order valence-corrected chi connectivity index (χ2v) is 9.45. The molecule has 2 heterocycles. The fraction of sp³-hybridized carbons (Fsp3) is 0.103. The monoisotopic (exact) mass is 508 g/mol. The number of likely N-dealkylation sites (N-methyl/N-ethyl adjacent to an activating group) is 1. The highest BCUT2D eigenvalue weighted by Crippen LogP contribution is 2.47. The first-order valence-electron chi connectivity index (χ1n) is 11.7. The highest BCUT2D eigenvalue weighted by atomic mass is 32.1. The number of thiazole rings is 1. The van der Waals surface area contributed by atoms with Crippen molar-refractivity contribution in [2.45, 2.75) is 12.0 Å². The summed E-state index contributed by atoms with van der Waals surface area (Å²) < 4.78 is 0. The maximum absolute atomic E-state index is 13.0. The summed E-state index contributed by atoms with van der Waals surface area (Å²) in [6.45, 7) is 0. The van der Waals surface area contributed by atoms with E-state index < -0.39 is 17.5 Å². The van der Waals surface area contributed by atoms with Crippen molar-refractivity contribution in [3.05, 3.63) is 130 Å². The van der Waals surface area contributed by atoms with E-state index in [1.165, 1.54) is 6.20 Å². The number of hydrogen-bond acceptors (Lipinski definition) is 4. The first kappa shape index (κ1) is 24.1. The van der Waals surface area contributed by atoms with Gasteiger partial charge in [0.1, 0.15) is 5.54 Å². The maximum Gasteiger partial charge on any atom is 0.418 e. The van der Waals surface area contributed by atoms with Gasteiger partial charge in [0.05, 0.1) is 5.70 Å². The number of carbonyl (C=O) groups excluding carboxylic acids is 1. The third-order valence-corrected chi connectivity index (χ3v) is 7.16. The number of aromatic nitrogens is 1. The molecule has 0 radical (unpaired) electrons. The second-order valence-electron chi connectivity index (χ2n) is 8.56. The van der Waals surface area contributed by atoms with Crippen molar-refractivity contribution >= 4 is 35.4 Å². The van der Waals surface area contributed by atoms with E-state index >= 15 is 0 Å². The van der Waals surface area contributed by atoms with Gasteiger partial charge in [-0.25, -0.2) is 14.7 Å². The van der Waals surface area contributed by atoms with Gasteiger partial charge in [-0.2, -0.15) is 4.99 Å². The second kappa shape index (κ2) is 10.2. The van der Waals surface area contributed by atoms with Gasteiger partial charge >= 0.3 is 12.0 Å². The zero-order valence-corrected chi connectivity index (χ0v) is 20.9. The van der Waals surface area contributed by atoms with Gasteiger partial charge in [0, 0.05) is 25.0 Å². The number of benzene rings is 3. The average molecular weight is 509 g/mol. The van der Waals surface area contributed by atoms with Crippen molar-refractivity contribution in [2.24, 2.45) is 4.99 Å². The molecule has 1 N–H and O–H groups in total. The summed E-state index contributed by atoms with van der Waals surface area (Å²) in [5.74, 6) is -0.569. The molecule has 184 valence electrons. The summed E-state index contributed by atoms with van der Waals surface area (Å²) >= 11 is 1.16. The zero-order chi connectivity index (χ0) is 25.8. The van der Waals surface area contributed by atoms with Crippen LogP contribution in [0.25, 0.3) is 6.08 Å². The lowest BCUT2D eigenvalue weighted by Crippen LogP contribution is -2.43. The Bertz CT molecular complexity index is 1460. The highest BCUT2D eigenvalue weighted by Gasteiger charge is 2.54. The van der Waals surface area contributed by atoms with E-state index in [1.807, 2.05) is 97.1 Å². The van der Waals surface area contributed by atoms with Gasteiger partial charge in [-0.1, -0.05) is 91.0 Å². The Morgan fingerprint density at radius 1 is 0.973 bits per heavy atom. The van der Waals surface area contributed by atoms with E-state index in [1.54, 1.807) is 17.3 Å². The number of carboxylic acid groups (broad SMARTS) is 1. The number of nitrogens with zero attached hydrogens (tertiary/aromatic N) is 4. The standard InChI is InChI=1S/C29H24N4O3S/c1-32-27(31-25(34)26-30-17-18-37-26)33(28(35)36)24(19-21-11-5-2-6-12-21)29(32,23-15-9-4-10-16-23)20-22-13-7-3-8-14-22/h2-19H,20H2,1H3,(H,35,36). The number of rotatable bonds is 5. The van der Waals surface area contributed by atoms with Crippen LogP contribution < -0.4 is 0 Å². The number of amides is 2. The lowest BCUT2D eigenvalue weighted by atomic mass is 9.80. The molecule has 1 atom stereocenters. The van der Waals surface area contributed by atoms with Crippen LogP contribution in [0.2, 0.25) is 0 Å². The SMILES string of the molecule is CN1C(=NC(=O)c2nccs2)N(C(=O)O)C(=Cc2ccccc2)C1(Cc1ccccc1)c1ccccc1. The van der Waals surface area contributed by atoms with Crippen molar-refractivity contribution < 1.29 is 14.7 Å². The van der Waals surface area contributed by atoms with Crippen molar-refractivity contribution in [1.82, 2.24) is 14.8 Å². The molecule has 4 aromatic rings. The molecule has 1 unspecified atom stereocenters. The molecule has 0 saturated carbocycles. The average Bonchev–Trinajstić information content (AvgIpc) is 3.54. The Kier molecular flexibility index (Phi) is 6.66. The van der Waals surface area contributed by atoms with Crippen molar-refractivity contribution in [2.75, 3.05) is 7.05 Å². The lowest BCUT2D eigenvalue weighted by Gasteiger charge is -2.37. The predicted molar refractivity (Wildman–Crippen MR) is 144 cm³/mol. The predicted octanol–water partition coefficient (Wildman–Crippen LogP) is 5.74. The summed E-state index contributed by atoms with van der Waals surface area (Å²) in [6, 6.07) is 29.2. The van der Waals surface area contributed by atoms with Gasteiger partial charge < -0.3 is 10.0 Å². The Morgan fingerprint density at radius 3 is 2.19 bits per heavy atom. The van der Waals surface area contributed by atoms with Gasteiger partial charge in [0.2, 0.25) is 5.96 Å². The fourth-order valence-corrected chi connectivity index (χ4v) is 5.23. The van der Waals surface area contributed by atoms with E-state index in [-0.39, 0.29) is 11.0 Å². The molecule has 0 spiro atoms. The largest absolute Gasteiger partial charge is 0.464 e. The molecule has 1 fully saturated rings. The molecular formula is C29H24N4O3S. The van der Waals surface area contributed by atoms with Crippen LogP contribution in [0.3, 0.4) is 0 Å². The molecule has 2 amide bonds. The first-order chi connectivity index (χ1) is 18.0. The molecule has 7 nitrogen and oxygen atoms in total. The van der Waals surface area contributed by atoms with E-state index in [0.29, 0.717) is 12.1 Å². The molecular weight excluding hydrogens is 484 g/mol. The fourth-order valence-electron chi connectivity index (χ4n) is 4.72. The molecule has 1 aliphatic rings. The Balaban J connectivity index is 1.80. The van der Waals surface area contributed by atoms with Gasteiger partial charge in [-0.05, 0) is 22.8 Å². The van der Waals surface area contributed by atoms with Crippen LogP contribution in [0.1, 0.15) is 26.5 Å². The lowest BCUT2D eigenvalue weighted by molar-refractivity contribution is 0.0999. The molecule has 1 aliphatic heterocycles.